The summed E-state index contributed by atoms with van der Waals surface area (Å²) in [6.07, 6.45) is 10.1. The fourth-order valence-electron chi connectivity index (χ4n) is 5.33. The van der Waals surface area contributed by atoms with Crippen molar-refractivity contribution in [1.82, 2.24) is 5.32 Å². The Balaban J connectivity index is 1.13. The lowest BCUT2D eigenvalue weighted by atomic mass is 9.85. The summed E-state index contributed by atoms with van der Waals surface area (Å²) in [5, 5.41) is 3.15. The smallest absolute Gasteiger partial charge is 0.243 e. The second kappa shape index (κ2) is 10.4. The van der Waals surface area contributed by atoms with Crippen molar-refractivity contribution in [2.45, 2.75) is 44.1 Å². The van der Waals surface area contributed by atoms with Crippen LogP contribution in [0.4, 0.5) is 0 Å². The summed E-state index contributed by atoms with van der Waals surface area (Å²) in [5.74, 6) is 1.28. The normalized spacial score (nSPS) is 18.8. The number of amides is 1. The van der Waals surface area contributed by atoms with E-state index in [0.29, 0.717) is 12.5 Å². The van der Waals surface area contributed by atoms with E-state index in [9.17, 15) is 4.79 Å². The fraction of sp³-hybridized carbons (Fsp3) is 0.281. The average molecular weight is 464 g/mol. The molecule has 0 bridgehead atoms. The van der Waals surface area contributed by atoms with E-state index in [1.165, 1.54) is 16.7 Å². The Morgan fingerprint density at radius 2 is 1.66 bits per heavy atom. The van der Waals surface area contributed by atoms with Crippen LogP contribution in [0, 0.1) is 5.92 Å². The molecular formula is C32H33NO2. The zero-order valence-corrected chi connectivity index (χ0v) is 20.3. The number of hydrogen-bond acceptors (Lipinski definition) is 2. The summed E-state index contributed by atoms with van der Waals surface area (Å²) in [7, 11) is 0. The van der Waals surface area contributed by atoms with Gasteiger partial charge < -0.3 is 10.1 Å². The highest BCUT2D eigenvalue weighted by Gasteiger charge is 2.54. The van der Waals surface area contributed by atoms with Crippen molar-refractivity contribution in [2.75, 3.05) is 6.61 Å². The van der Waals surface area contributed by atoms with Crippen LogP contribution in [0.5, 0.6) is 5.75 Å². The van der Waals surface area contributed by atoms with Gasteiger partial charge in [-0.15, -0.1) is 0 Å². The summed E-state index contributed by atoms with van der Waals surface area (Å²) < 4.78 is 5.85. The summed E-state index contributed by atoms with van der Waals surface area (Å²) in [6, 6.07) is 29.6. The maximum Gasteiger partial charge on any atom is 0.243 e. The van der Waals surface area contributed by atoms with Crippen LogP contribution in [-0.4, -0.2) is 18.6 Å². The first-order valence-electron chi connectivity index (χ1n) is 12.7. The molecule has 35 heavy (non-hydrogen) atoms. The van der Waals surface area contributed by atoms with Crippen molar-refractivity contribution in [3.05, 3.63) is 119 Å². The van der Waals surface area contributed by atoms with Gasteiger partial charge in [0.05, 0.1) is 0 Å². The van der Waals surface area contributed by atoms with Gasteiger partial charge in [-0.2, -0.15) is 0 Å². The Labute approximate surface area is 208 Å². The molecule has 1 fully saturated rings. The molecule has 1 heterocycles. The highest BCUT2D eigenvalue weighted by Crippen LogP contribution is 2.59. The molecule has 3 aromatic carbocycles. The van der Waals surface area contributed by atoms with E-state index in [1.807, 2.05) is 18.2 Å². The maximum absolute atomic E-state index is 12.6. The molecule has 1 saturated carbocycles. The van der Waals surface area contributed by atoms with Crippen LogP contribution in [0.1, 0.15) is 49.3 Å². The third-order valence-electron chi connectivity index (χ3n) is 7.29. The Bertz CT molecular complexity index is 1170. The first kappa shape index (κ1) is 23.2. The molecule has 2 aliphatic rings. The van der Waals surface area contributed by atoms with Crippen molar-refractivity contribution >= 4 is 12.0 Å². The summed E-state index contributed by atoms with van der Waals surface area (Å²) in [4.78, 5) is 12.6. The van der Waals surface area contributed by atoms with E-state index >= 15 is 0 Å². The number of para-hydroxylation sites is 1. The number of benzene rings is 3. The SMILES string of the molecule is C[C@@H](CCCC1=Cc2ccccc2OC1)NC(=O)C=C[C@H]1CC1(c1ccccc1)c1ccccc1. The van der Waals surface area contributed by atoms with E-state index in [2.05, 4.69) is 91.1 Å². The first-order valence-corrected chi connectivity index (χ1v) is 12.7. The van der Waals surface area contributed by atoms with Crippen LogP contribution < -0.4 is 10.1 Å². The molecule has 1 aliphatic heterocycles. The van der Waals surface area contributed by atoms with Gasteiger partial charge in [-0.1, -0.05) is 84.9 Å². The molecule has 3 nitrogen and oxygen atoms in total. The molecular weight excluding hydrogens is 430 g/mol. The third-order valence-corrected chi connectivity index (χ3v) is 7.29. The standard InChI is InChI=1S/C32H33NO2/c1-24(11-10-12-25-21-26-13-8-9-18-30(26)35-23-25)33-31(34)20-19-29-22-32(29,27-14-4-2-5-15-27)28-16-6-3-7-17-28/h2-9,13-21,24,29H,10-12,22-23H2,1H3,(H,33,34)/t24-,29-/m0/s1. The molecule has 1 amide bonds. The molecule has 0 saturated heterocycles. The molecule has 0 aromatic heterocycles. The van der Waals surface area contributed by atoms with Crippen LogP contribution in [0.3, 0.4) is 0 Å². The number of carbonyl (C=O) groups excluding carboxylic acids is 1. The van der Waals surface area contributed by atoms with Crippen molar-refractivity contribution in [1.29, 1.82) is 0 Å². The Morgan fingerprint density at radius 3 is 2.37 bits per heavy atom. The van der Waals surface area contributed by atoms with Gasteiger partial charge in [0.15, 0.2) is 0 Å². The van der Waals surface area contributed by atoms with Crippen LogP contribution in [0.25, 0.3) is 6.08 Å². The van der Waals surface area contributed by atoms with E-state index in [1.54, 1.807) is 6.08 Å². The Hall–Kier alpha value is -3.59. The molecule has 5 rings (SSSR count). The molecule has 3 heteroatoms. The zero-order chi connectivity index (χ0) is 24.1. The number of carbonyl (C=O) groups is 1. The number of rotatable bonds is 9. The predicted octanol–water partition coefficient (Wildman–Crippen LogP) is 6.70. The molecule has 2 atom stereocenters. The number of fused-ring (bicyclic) bond motifs is 1. The molecule has 0 unspecified atom stereocenters. The monoisotopic (exact) mass is 463 g/mol. The Kier molecular flexibility index (Phi) is 6.85. The van der Waals surface area contributed by atoms with Crippen molar-refractivity contribution in [3.63, 3.8) is 0 Å². The lowest BCUT2D eigenvalue weighted by molar-refractivity contribution is -0.117. The topological polar surface area (TPSA) is 38.3 Å². The minimum absolute atomic E-state index is 0.00596. The van der Waals surface area contributed by atoms with Crippen molar-refractivity contribution < 1.29 is 9.53 Å². The zero-order valence-electron chi connectivity index (χ0n) is 20.3. The molecule has 3 aromatic rings. The highest BCUT2D eigenvalue weighted by atomic mass is 16.5. The van der Waals surface area contributed by atoms with Gasteiger partial charge in [0, 0.05) is 17.0 Å². The van der Waals surface area contributed by atoms with E-state index in [-0.39, 0.29) is 17.4 Å². The van der Waals surface area contributed by atoms with Gasteiger partial charge in [-0.25, -0.2) is 0 Å². The lowest BCUT2D eigenvalue weighted by Gasteiger charge is -2.19. The second-order valence-electron chi connectivity index (χ2n) is 9.80. The predicted molar refractivity (Wildman–Crippen MR) is 142 cm³/mol. The van der Waals surface area contributed by atoms with Gasteiger partial charge in [0.1, 0.15) is 12.4 Å². The van der Waals surface area contributed by atoms with E-state index < -0.39 is 0 Å². The first-order chi connectivity index (χ1) is 17.1. The number of hydrogen-bond donors (Lipinski definition) is 1. The van der Waals surface area contributed by atoms with Crippen LogP contribution in [-0.2, 0) is 10.2 Å². The quantitative estimate of drug-likeness (QED) is 0.359. The molecule has 178 valence electrons. The van der Waals surface area contributed by atoms with Crippen molar-refractivity contribution in [3.8, 4) is 5.75 Å². The third kappa shape index (κ3) is 5.24. The van der Waals surface area contributed by atoms with Crippen LogP contribution >= 0.6 is 0 Å². The minimum atomic E-state index is -0.0284. The van der Waals surface area contributed by atoms with Gasteiger partial charge in [-0.05, 0) is 73.4 Å². The second-order valence-corrected chi connectivity index (χ2v) is 9.80. The number of allylic oxidation sites excluding steroid dienone is 1. The van der Waals surface area contributed by atoms with Gasteiger partial charge in [-0.3, -0.25) is 4.79 Å². The molecule has 0 spiro atoms. The number of nitrogens with one attached hydrogen (secondary N) is 1. The summed E-state index contributed by atoms with van der Waals surface area (Å²) in [6.45, 7) is 2.74. The highest BCUT2D eigenvalue weighted by molar-refractivity contribution is 5.87. The minimum Gasteiger partial charge on any atom is -0.489 e. The van der Waals surface area contributed by atoms with Crippen LogP contribution in [0.15, 0.2) is 103 Å². The van der Waals surface area contributed by atoms with E-state index in [0.717, 1.165) is 37.0 Å². The van der Waals surface area contributed by atoms with Gasteiger partial charge >= 0.3 is 0 Å². The summed E-state index contributed by atoms with van der Waals surface area (Å²) in [5.41, 5.74) is 5.08. The number of ether oxygens (including phenoxy) is 1. The van der Waals surface area contributed by atoms with Crippen LogP contribution in [0.2, 0.25) is 0 Å². The van der Waals surface area contributed by atoms with E-state index in [4.69, 9.17) is 4.74 Å². The van der Waals surface area contributed by atoms with Gasteiger partial charge in [0.25, 0.3) is 0 Å². The fourth-order valence-corrected chi connectivity index (χ4v) is 5.33. The molecule has 1 N–H and O–H groups in total. The maximum atomic E-state index is 12.6. The lowest BCUT2D eigenvalue weighted by Crippen LogP contribution is -2.31. The van der Waals surface area contributed by atoms with Gasteiger partial charge in [0.2, 0.25) is 5.91 Å². The Morgan fingerprint density at radius 1 is 1.00 bits per heavy atom. The average Bonchev–Trinajstić information content (AvgIpc) is 3.64. The molecule has 1 aliphatic carbocycles. The largest absolute Gasteiger partial charge is 0.489 e. The molecule has 0 radical (unpaired) electrons. The van der Waals surface area contributed by atoms with Crippen molar-refractivity contribution in [2.24, 2.45) is 5.92 Å². The summed E-state index contributed by atoms with van der Waals surface area (Å²) >= 11 is 0.